The number of benzene rings is 1. The van der Waals surface area contributed by atoms with Crippen molar-refractivity contribution in [2.24, 2.45) is 17.8 Å². The molecule has 0 bridgehead atoms. The predicted octanol–water partition coefficient (Wildman–Crippen LogP) is 7.13. The van der Waals surface area contributed by atoms with Crippen molar-refractivity contribution >= 4 is 17.6 Å². The van der Waals surface area contributed by atoms with Crippen LogP contribution in [0.15, 0.2) is 47.1 Å². The lowest BCUT2D eigenvalue weighted by Gasteiger charge is -2.36. The van der Waals surface area contributed by atoms with Gasteiger partial charge in [-0.2, -0.15) is 0 Å². The van der Waals surface area contributed by atoms with Gasteiger partial charge in [0.1, 0.15) is 17.7 Å². The summed E-state index contributed by atoms with van der Waals surface area (Å²) >= 11 is 0. The number of carboxylic acids is 1. The molecule has 42 heavy (non-hydrogen) atoms. The summed E-state index contributed by atoms with van der Waals surface area (Å²) in [6.07, 6.45) is 10.5. The number of carbonyl (C=O) groups excluding carboxylic acids is 1. The van der Waals surface area contributed by atoms with Crippen molar-refractivity contribution in [2.75, 3.05) is 18.6 Å². The fourth-order valence-electron chi connectivity index (χ4n) is 6.81. The molecular weight excluding hydrogens is 530 g/mol. The van der Waals surface area contributed by atoms with Crippen molar-refractivity contribution in [2.45, 2.75) is 83.0 Å². The normalized spacial score (nSPS) is 24.2. The topological polar surface area (TPSA) is 106 Å². The Bertz CT molecular complexity index is 1410. The molecule has 6 rings (SSSR count). The Hall–Kier alpha value is -3.68. The number of hydrogen-bond donors (Lipinski definition) is 1. The maximum absolute atomic E-state index is 14.1. The number of nitrogens with zero attached hydrogens (tertiary/aromatic N) is 3. The second-order valence-corrected chi connectivity index (χ2v) is 12.5. The van der Waals surface area contributed by atoms with Gasteiger partial charge in [-0.15, -0.1) is 0 Å². The fraction of sp³-hybridized carbons (Fsp3) is 0.529. The van der Waals surface area contributed by atoms with Crippen molar-refractivity contribution in [1.82, 2.24) is 9.97 Å². The van der Waals surface area contributed by atoms with Crippen LogP contribution in [0.25, 0.3) is 11.3 Å². The summed E-state index contributed by atoms with van der Waals surface area (Å²) in [7, 11) is 1.67. The molecule has 1 N–H and O–H groups in total. The molecule has 8 heteroatoms. The van der Waals surface area contributed by atoms with Gasteiger partial charge in [-0.25, -0.2) is 4.98 Å². The highest BCUT2D eigenvalue weighted by atomic mass is 16.5. The summed E-state index contributed by atoms with van der Waals surface area (Å²) in [5.41, 5.74) is 4.67. The third-order valence-electron chi connectivity index (χ3n) is 9.58. The predicted molar refractivity (Wildman–Crippen MR) is 160 cm³/mol. The van der Waals surface area contributed by atoms with Crippen LogP contribution in [0.1, 0.15) is 93.3 Å². The van der Waals surface area contributed by atoms with Crippen LogP contribution in [0.4, 0.5) is 5.69 Å². The summed E-state index contributed by atoms with van der Waals surface area (Å²) in [5.74, 6) is 1.73. The summed E-state index contributed by atoms with van der Waals surface area (Å²) in [6.45, 7) is 2.65. The van der Waals surface area contributed by atoms with E-state index in [-0.39, 0.29) is 17.7 Å². The van der Waals surface area contributed by atoms with Crippen LogP contribution in [0.2, 0.25) is 0 Å². The van der Waals surface area contributed by atoms with Gasteiger partial charge in [-0.3, -0.25) is 14.6 Å². The summed E-state index contributed by atoms with van der Waals surface area (Å²) in [4.78, 5) is 37.2. The molecule has 3 fully saturated rings. The van der Waals surface area contributed by atoms with Crippen LogP contribution < -0.4 is 9.64 Å². The zero-order valence-electron chi connectivity index (χ0n) is 24.6. The molecule has 1 aromatic carbocycles. The molecule has 0 spiro atoms. The quantitative estimate of drug-likeness (QED) is 0.291. The molecule has 0 radical (unpaired) electrons. The number of carboxylic acid groups (broad SMARTS) is 1. The molecule has 2 aromatic heterocycles. The van der Waals surface area contributed by atoms with Gasteiger partial charge in [0, 0.05) is 41.2 Å². The molecule has 0 aliphatic heterocycles. The Morgan fingerprint density at radius 2 is 1.64 bits per heavy atom. The lowest BCUT2D eigenvalue weighted by atomic mass is 9.79. The number of pyridine rings is 1. The van der Waals surface area contributed by atoms with E-state index in [0.717, 1.165) is 78.5 Å². The maximum Gasteiger partial charge on any atom is 0.306 e. The SMILES string of the molecule is COc1ccc([C@H]2CC[C@H](CN(c3cccc(-c4coc(C5CC5)n4)c3)C(=O)[C@H]3CC[C@H](C(=O)O)CC3)CC2)nc1C. The highest BCUT2D eigenvalue weighted by Gasteiger charge is 2.35. The van der Waals surface area contributed by atoms with Crippen molar-refractivity contribution in [3.8, 4) is 17.0 Å². The van der Waals surface area contributed by atoms with E-state index in [1.807, 2.05) is 36.1 Å². The molecule has 3 aliphatic rings. The monoisotopic (exact) mass is 571 g/mol. The third-order valence-corrected chi connectivity index (χ3v) is 9.58. The molecule has 0 saturated heterocycles. The van der Waals surface area contributed by atoms with E-state index in [1.165, 1.54) is 0 Å². The Labute approximate surface area is 247 Å². The summed E-state index contributed by atoms with van der Waals surface area (Å²) < 4.78 is 11.1. The van der Waals surface area contributed by atoms with Crippen molar-refractivity contribution in [3.05, 3.63) is 59.9 Å². The number of amides is 1. The molecule has 3 aromatic rings. The average molecular weight is 572 g/mol. The van der Waals surface area contributed by atoms with Crippen LogP contribution in [0, 0.1) is 24.7 Å². The van der Waals surface area contributed by atoms with Gasteiger partial charge in [-0.1, -0.05) is 12.1 Å². The van der Waals surface area contributed by atoms with Crippen LogP contribution in [0.3, 0.4) is 0 Å². The number of aryl methyl sites for hydroxylation is 1. The third kappa shape index (κ3) is 6.22. The lowest BCUT2D eigenvalue weighted by Crippen LogP contribution is -2.41. The lowest BCUT2D eigenvalue weighted by molar-refractivity contribution is -0.144. The molecule has 222 valence electrons. The molecule has 3 aliphatic carbocycles. The molecule has 8 nitrogen and oxygen atoms in total. The van der Waals surface area contributed by atoms with Crippen LogP contribution >= 0.6 is 0 Å². The van der Waals surface area contributed by atoms with Gasteiger partial charge in [0.05, 0.1) is 18.7 Å². The van der Waals surface area contributed by atoms with Crippen LogP contribution in [-0.2, 0) is 9.59 Å². The van der Waals surface area contributed by atoms with Crippen molar-refractivity contribution in [3.63, 3.8) is 0 Å². The van der Waals surface area contributed by atoms with Gasteiger partial charge in [0.2, 0.25) is 5.91 Å². The fourth-order valence-corrected chi connectivity index (χ4v) is 6.81. The molecule has 3 saturated carbocycles. The first-order chi connectivity index (χ1) is 20.4. The minimum absolute atomic E-state index is 0.115. The smallest absolute Gasteiger partial charge is 0.306 e. The van der Waals surface area contributed by atoms with E-state index in [9.17, 15) is 14.7 Å². The first-order valence-corrected chi connectivity index (χ1v) is 15.5. The van der Waals surface area contributed by atoms with E-state index >= 15 is 0 Å². The summed E-state index contributed by atoms with van der Waals surface area (Å²) in [6, 6.07) is 12.2. The number of aliphatic carboxylic acids is 1. The van der Waals surface area contributed by atoms with Gasteiger partial charge >= 0.3 is 5.97 Å². The van der Waals surface area contributed by atoms with E-state index in [4.69, 9.17) is 19.1 Å². The minimum Gasteiger partial charge on any atom is -0.495 e. The number of rotatable bonds is 9. The first-order valence-electron chi connectivity index (χ1n) is 15.5. The number of oxazole rings is 1. The van der Waals surface area contributed by atoms with Crippen molar-refractivity contribution in [1.29, 1.82) is 0 Å². The zero-order valence-corrected chi connectivity index (χ0v) is 24.6. The standard InChI is InChI=1S/C34H41N3O5/c1-21-31(41-2)17-16-29(35-21)23-8-6-22(7-9-23)19-37(33(38)25-12-14-26(15-13-25)34(39)40)28-5-3-4-27(18-28)30-20-42-32(36-30)24-10-11-24/h3-5,16-18,20,22-26H,6-15,19H2,1-2H3,(H,39,40)/t22-,23-,25-,26-. The maximum atomic E-state index is 14.1. The average Bonchev–Trinajstić information content (AvgIpc) is 3.75. The van der Waals surface area contributed by atoms with Gasteiger partial charge < -0.3 is 19.2 Å². The van der Waals surface area contributed by atoms with Crippen LogP contribution in [-0.4, -0.2) is 40.6 Å². The van der Waals surface area contributed by atoms with Gasteiger partial charge in [0.25, 0.3) is 0 Å². The van der Waals surface area contributed by atoms with Crippen molar-refractivity contribution < 1.29 is 23.8 Å². The highest BCUT2D eigenvalue weighted by molar-refractivity contribution is 5.95. The van der Waals surface area contributed by atoms with E-state index in [1.54, 1.807) is 13.4 Å². The summed E-state index contributed by atoms with van der Waals surface area (Å²) in [5, 5.41) is 9.47. The number of ether oxygens (including phenoxy) is 1. The Kier molecular flexibility index (Phi) is 8.31. The molecule has 0 unspecified atom stereocenters. The van der Waals surface area contributed by atoms with E-state index in [0.29, 0.717) is 50.0 Å². The van der Waals surface area contributed by atoms with E-state index in [2.05, 4.69) is 12.1 Å². The Morgan fingerprint density at radius 3 is 2.31 bits per heavy atom. The first kappa shape index (κ1) is 28.4. The highest BCUT2D eigenvalue weighted by Crippen LogP contribution is 2.41. The number of anilines is 1. The second-order valence-electron chi connectivity index (χ2n) is 12.5. The molecule has 2 heterocycles. The number of hydrogen-bond acceptors (Lipinski definition) is 6. The molecule has 1 amide bonds. The Morgan fingerprint density at radius 1 is 0.929 bits per heavy atom. The molecular formula is C34H41N3O5. The molecule has 0 atom stereocenters. The largest absolute Gasteiger partial charge is 0.495 e. The number of methoxy groups -OCH3 is 1. The van der Waals surface area contributed by atoms with E-state index < -0.39 is 5.97 Å². The second kappa shape index (κ2) is 12.3. The van der Waals surface area contributed by atoms with Gasteiger partial charge in [0.15, 0.2) is 5.89 Å². The van der Waals surface area contributed by atoms with Gasteiger partial charge in [-0.05, 0) is 101 Å². The zero-order chi connectivity index (χ0) is 29.2. The Balaban J connectivity index is 1.19. The van der Waals surface area contributed by atoms with Crippen LogP contribution in [0.5, 0.6) is 5.75 Å². The number of carbonyl (C=O) groups is 2. The minimum atomic E-state index is -0.748. The number of aromatic nitrogens is 2.